The molecule has 0 saturated carbocycles. The van der Waals surface area contributed by atoms with Crippen LogP contribution in [-0.2, 0) is 14.4 Å². The standard InChI is InChI=1S/C5H7NO4/c1-3(7)4(5(8)9)6-10-2/h1-2H3,(H,8,9). The lowest BCUT2D eigenvalue weighted by molar-refractivity contribution is -0.130. The molecule has 0 aromatic carbocycles. The highest BCUT2D eigenvalue weighted by molar-refractivity contribution is 6.63. The third-order valence-corrected chi connectivity index (χ3v) is 0.719. The van der Waals surface area contributed by atoms with E-state index in [0.717, 1.165) is 6.92 Å². The second-order valence-corrected chi connectivity index (χ2v) is 1.48. The lowest BCUT2D eigenvalue weighted by atomic mass is 10.3. The number of Topliss-reactive ketones (excluding diaryl/α,β-unsaturated/α-hetero) is 1. The Morgan fingerprint density at radius 2 is 2.00 bits per heavy atom. The maximum absolute atomic E-state index is 10.4. The lowest BCUT2D eigenvalue weighted by Crippen LogP contribution is -2.21. The molecule has 0 radical (unpaired) electrons. The summed E-state index contributed by atoms with van der Waals surface area (Å²) in [5.41, 5.74) is -0.595. The summed E-state index contributed by atoms with van der Waals surface area (Å²) in [6, 6.07) is 0. The summed E-state index contributed by atoms with van der Waals surface area (Å²) in [5, 5.41) is 11.2. The fraction of sp³-hybridized carbons (Fsp3) is 0.400. The average Bonchev–Trinajstić information content (AvgIpc) is 1.81. The Morgan fingerprint density at radius 3 is 2.10 bits per heavy atom. The van der Waals surface area contributed by atoms with E-state index in [-0.39, 0.29) is 0 Å². The number of hydrogen-bond acceptors (Lipinski definition) is 4. The summed E-state index contributed by atoms with van der Waals surface area (Å²) in [5.74, 6) is -2.01. The van der Waals surface area contributed by atoms with E-state index < -0.39 is 17.5 Å². The van der Waals surface area contributed by atoms with Crippen molar-refractivity contribution in [2.75, 3.05) is 7.11 Å². The van der Waals surface area contributed by atoms with Crippen molar-refractivity contribution in [3.05, 3.63) is 0 Å². The van der Waals surface area contributed by atoms with Crippen LogP contribution in [0.3, 0.4) is 0 Å². The van der Waals surface area contributed by atoms with Gasteiger partial charge in [0.2, 0.25) is 5.71 Å². The minimum absolute atomic E-state index is 0.595. The van der Waals surface area contributed by atoms with Crippen molar-refractivity contribution in [2.24, 2.45) is 5.16 Å². The minimum Gasteiger partial charge on any atom is -0.476 e. The summed E-state index contributed by atoms with van der Waals surface area (Å²) in [7, 11) is 1.17. The van der Waals surface area contributed by atoms with Gasteiger partial charge < -0.3 is 9.94 Å². The zero-order valence-electron chi connectivity index (χ0n) is 5.62. The molecule has 5 nitrogen and oxygen atoms in total. The fourth-order valence-electron chi connectivity index (χ4n) is 0.345. The van der Waals surface area contributed by atoms with Crippen LogP contribution in [0.25, 0.3) is 0 Å². The Bertz CT molecular complexity index is 168. The SMILES string of the molecule is CON=C(C(C)=O)C(=O)O. The number of aliphatic carboxylic acids is 1. The van der Waals surface area contributed by atoms with Crippen LogP contribution in [0.5, 0.6) is 0 Å². The van der Waals surface area contributed by atoms with Gasteiger partial charge in [0, 0.05) is 6.92 Å². The monoisotopic (exact) mass is 145 g/mol. The lowest BCUT2D eigenvalue weighted by Gasteiger charge is -1.91. The molecule has 0 bridgehead atoms. The van der Waals surface area contributed by atoms with E-state index in [2.05, 4.69) is 9.99 Å². The van der Waals surface area contributed by atoms with Crippen LogP contribution in [0.1, 0.15) is 6.92 Å². The topological polar surface area (TPSA) is 76.0 Å². The Balaban J connectivity index is 4.42. The molecule has 0 fully saturated rings. The van der Waals surface area contributed by atoms with Crippen molar-refractivity contribution in [1.29, 1.82) is 0 Å². The van der Waals surface area contributed by atoms with E-state index in [1.54, 1.807) is 0 Å². The predicted octanol–water partition coefficient (Wildman–Crippen LogP) is -0.338. The van der Waals surface area contributed by atoms with Gasteiger partial charge in [-0.3, -0.25) is 4.79 Å². The molecule has 1 N–H and O–H groups in total. The van der Waals surface area contributed by atoms with Crippen LogP contribution in [0.15, 0.2) is 5.16 Å². The second-order valence-electron chi connectivity index (χ2n) is 1.48. The van der Waals surface area contributed by atoms with Crippen LogP contribution in [-0.4, -0.2) is 29.7 Å². The van der Waals surface area contributed by atoms with Crippen LogP contribution >= 0.6 is 0 Å². The van der Waals surface area contributed by atoms with Gasteiger partial charge in [-0.1, -0.05) is 5.16 Å². The van der Waals surface area contributed by atoms with Gasteiger partial charge in [-0.05, 0) is 0 Å². The molecule has 5 heteroatoms. The number of carbonyl (C=O) groups is 2. The summed E-state index contributed by atoms with van der Waals surface area (Å²) >= 11 is 0. The normalized spacial score (nSPS) is 10.8. The van der Waals surface area contributed by atoms with Gasteiger partial charge in [-0.25, -0.2) is 4.79 Å². The molecule has 0 aliphatic carbocycles. The Morgan fingerprint density at radius 1 is 1.50 bits per heavy atom. The van der Waals surface area contributed by atoms with Gasteiger partial charge in [-0.15, -0.1) is 0 Å². The molecule has 0 aromatic rings. The zero-order chi connectivity index (χ0) is 8.15. The van der Waals surface area contributed by atoms with E-state index in [9.17, 15) is 9.59 Å². The van der Waals surface area contributed by atoms with Gasteiger partial charge in [-0.2, -0.15) is 0 Å². The molecule has 0 atom stereocenters. The first-order valence-electron chi connectivity index (χ1n) is 2.45. The van der Waals surface area contributed by atoms with Gasteiger partial charge in [0.05, 0.1) is 0 Å². The maximum atomic E-state index is 10.4. The zero-order valence-corrected chi connectivity index (χ0v) is 5.62. The number of carbonyl (C=O) groups excluding carboxylic acids is 1. The number of carboxylic acids is 1. The first-order valence-corrected chi connectivity index (χ1v) is 2.45. The highest BCUT2D eigenvalue weighted by Gasteiger charge is 2.15. The van der Waals surface area contributed by atoms with Crippen molar-refractivity contribution < 1.29 is 19.5 Å². The molecule has 0 unspecified atom stereocenters. The second kappa shape index (κ2) is 3.60. The third-order valence-electron chi connectivity index (χ3n) is 0.719. The molecule has 0 aliphatic rings. The van der Waals surface area contributed by atoms with Crippen molar-refractivity contribution in [2.45, 2.75) is 6.92 Å². The van der Waals surface area contributed by atoms with Gasteiger partial charge in [0.25, 0.3) is 0 Å². The highest BCUT2D eigenvalue weighted by Crippen LogP contribution is 1.82. The molecule has 0 aromatic heterocycles. The molecular formula is C5H7NO4. The first kappa shape index (κ1) is 8.61. The molecule has 56 valence electrons. The van der Waals surface area contributed by atoms with Crippen LogP contribution in [0.4, 0.5) is 0 Å². The maximum Gasteiger partial charge on any atom is 0.361 e. The first-order chi connectivity index (χ1) is 4.59. The number of nitrogens with zero attached hydrogens (tertiary/aromatic N) is 1. The van der Waals surface area contributed by atoms with Gasteiger partial charge in [0.1, 0.15) is 7.11 Å². The van der Waals surface area contributed by atoms with Crippen molar-refractivity contribution >= 4 is 17.5 Å². The van der Waals surface area contributed by atoms with E-state index >= 15 is 0 Å². The van der Waals surface area contributed by atoms with E-state index in [1.807, 2.05) is 0 Å². The molecular weight excluding hydrogens is 138 g/mol. The van der Waals surface area contributed by atoms with E-state index in [4.69, 9.17) is 5.11 Å². The molecule has 0 saturated heterocycles. The smallest absolute Gasteiger partial charge is 0.361 e. The Labute approximate surface area is 57.3 Å². The average molecular weight is 145 g/mol. The van der Waals surface area contributed by atoms with E-state index in [1.165, 1.54) is 7.11 Å². The quantitative estimate of drug-likeness (QED) is 0.335. The Hall–Kier alpha value is -1.39. The van der Waals surface area contributed by atoms with Crippen molar-refractivity contribution in [3.63, 3.8) is 0 Å². The Kier molecular flexibility index (Phi) is 3.10. The molecule has 0 rings (SSSR count). The minimum atomic E-state index is -1.38. The number of rotatable bonds is 3. The van der Waals surface area contributed by atoms with Crippen molar-refractivity contribution in [1.82, 2.24) is 0 Å². The summed E-state index contributed by atoms with van der Waals surface area (Å²) in [6.07, 6.45) is 0. The molecule has 0 heterocycles. The molecule has 0 amide bonds. The van der Waals surface area contributed by atoms with Gasteiger partial charge in [0.15, 0.2) is 5.78 Å². The third kappa shape index (κ3) is 2.25. The number of hydrogen-bond donors (Lipinski definition) is 1. The van der Waals surface area contributed by atoms with Crippen LogP contribution in [0, 0.1) is 0 Å². The van der Waals surface area contributed by atoms with Gasteiger partial charge >= 0.3 is 5.97 Å². The largest absolute Gasteiger partial charge is 0.476 e. The van der Waals surface area contributed by atoms with E-state index in [0.29, 0.717) is 0 Å². The fourth-order valence-corrected chi connectivity index (χ4v) is 0.345. The highest BCUT2D eigenvalue weighted by atomic mass is 16.6. The molecule has 10 heavy (non-hydrogen) atoms. The molecule has 0 aliphatic heterocycles. The summed E-state index contributed by atoms with van der Waals surface area (Å²) < 4.78 is 0. The summed E-state index contributed by atoms with van der Waals surface area (Å²) in [6.45, 7) is 1.10. The summed E-state index contributed by atoms with van der Waals surface area (Å²) in [4.78, 5) is 24.6. The number of ketones is 1. The van der Waals surface area contributed by atoms with Crippen LogP contribution < -0.4 is 0 Å². The molecule has 0 spiro atoms. The predicted molar refractivity (Wildman–Crippen MR) is 32.8 cm³/mol. The number of carboxylic acid groups (broad SMARTS) is 1. The van der Waals surface area contributed by atoms with Crippen LogP contribution in [0.2, 0.25) is 0 Å². The number of oxime groups is 1. The van der Waals surface area contributed by atoms with Crippen molar-refractivity contribution in [3.8, 4) is 0 Å².